The first-order valence-electron chi connectivity index (χ1n) is 11.3. The van der Waals surface area contributed by atoms with Crippen LogP contribution in [0.25, 0.3) is 22.5 Å². The standard InChI is InChI=1S/C25H27N7.Na.H/c1-17-27-23-11-5-3-2-4-10-22(23)24(28-17)26-16-18-12-14-19(15-13-18)20-8-6-7-9-21(20)25-29-31-32-30-25;;/h6-9,12-15H,2-5,10-11,16H2,1H3,(H,26,27,28)(H,29,30,31,32);;/q;+1;-1. The SMILES string of the molecule is Cc1nc2c(c(NCc3ccc(-c4ccccc4-c4nn[nH]n4)cc3)n1)CCCCCC2.[H-].[Na+]. The molecule has 4 aromatic rings. The van der Waals surface area contributed by atoms with E-state index < -0.39 is 0 Å². The van der Waals surface area contributed by atoms with Gasteiger partial charge in [0.1, 0.15) is 11.6 Å². The summed E-state index contributed by atoms with van der Waals surface area (Å²) in [5.41, 5.74) is 6.91. The molecule has 0 amide bonds. The van der Waals surface area contributed by atoms with Gasteiger partial charge in [0.25, 0.3) is 0 Å². The Morgan fingerprint density at radius 1 is 0.909 bits per heavy atom. The van der Waals surface area contributed by atoms with Gasteiger partial charge in [-0.3, -0.25) is 0 Å². The van der Waals surface area contributed by atoms with Gasteiger partial charge in [0.05, 0.1) is 0 Å². The second-order valence-corrected chi connectivity index (χ2v) is 8.29. The van der Waals surface area contributed by atoms with Crippen LogP contribution >= 0.6 is 0 Å². The monoisotopic (exact) mass is 449 g/mol. The minimum atomic E-state index is 0. The number of benzene rings is 2. The summed E-state index contributed by atoms with van der Waals surface area (Å²) in [6.45, 7) is 2.72. The zero-order chi connectivity index (χ0) is 21.8. The average Bonchev–Trinajstić information content (AvgIpc) is 3.34. The first-order valence-corrected chi connectivity index (χ1v) is 11.3. The number of rotatable bonds is 5. The van der Waals surface area contributed by atoms with Crippen molar-refractivity contribution >= 4 is 5.82 Å². The maximum Gasteiger partial charge on any atom is 1.00 e. The van der Waals surface area contributed by atoms with Crippen molar-refractivity contribution in [2.45, 2.75) is 52.0 Å². The molecule has 8 heteroatoms. The molecule has 1 aliphatic carbocycles. The third-order valence-corrected chi connectivity index (χ3v) is 6.03. The fraction of sp³-hybridized carbons (Fsp3) is 0.320. The van der Waals surface area contributed by atoms with Gasteiger partial charge in [0, 0.05) is 23.4 Å². The quantitative estimate of drug-likeness (QED) is 0.453. The number of fused-ring (bicyclic) bond motifs is 1. The summed E-state index contributed by atoms with van der Waals surface area (Å²) in [6.07, 6.45) is 7.14. The smallest absolute Gasteiger partial charge is 1.00 e. The minimum Gasteiger partial charge on any atom is -1.00 e. The van der Waals surface area contributed by atoms with Crippen molar-refractivity contribution in [1.82, 2.24) is 30.6 Å². The van der Waals surface area contributed by atoms with Crippen molar-refractivity contribution in [2.75, 3.05) is 5.32 Å². The van der Waals surface area contributed by atoms with Gasteiger partial charge >= 0.3 is 29.6 Å². The van der Waals surface area contributed by atoms with Crippen molar-refractivity contribution < 1.29 is 31.0 Å². The van der Waals surface area contributed by atoms with Crippen LogP contribution in [0.1, 0.15) is 49.8 Å². The second kappa shape index (κ2) is 11.0. The molecule has 2 N–H and O–H groups in total. The topological polar surface area (TPSA) is 92.3 Å². The third kappa shape index (κ3) is 5.49. The second-order valence-electron chi connectivity index (χ2n) is 8.29. The van der Waals surface area contributed by atoms with Gasteiger partial charge in [-0.2, -0.15) is 5.21 Å². The molecule has 33 heavy (non-hydrogen) atoms. The van der Waals surface area contributed by atoms with Crippen molar-refractivity contribution in [3.63, 3.8) is 0 Å². The van der Waals surface area contributed by atoms with Gasteiger partial charge in [-0.05, 0) is 54.5 Å². The third-order valence-electron chi connectivity index (χ3n) is 6.03. The van der Waals surface area contributed by atoms with Crippen LogP contribution < -0.4 is 34.9 Å². The molecule has 0 saturated heterocycles. The summed E-state index contributed by atoms with van der Waals surface area (Å²) >= 11 is 0. The van der Waals surface area contributed by atoms with Crippen LogP contribution in [0.15, 0.2) is 48.5 Å². The van der Waals surface area contributed by atoms with Crippen LogP contribution in [0.4, 0.5) is 5.82 Å². The van der Waals surface area contributed by atoms with Gasteiger partial charge in [-0.1, -0.05) is 61.4 Å². The number of hydrogen-bond acceptors (Lipinski definition) is 6. The maximum atomic E-state index is 4.74. The number of hydrogen-bond donors (Lipinski definition) is 2. The number of aryl methyl sites for hydroxylation is 2. The summed E-state index contributed by atoms with van der Waals surface area (Å²) in [6, 6.07) is 16.7. The number of nitrogens with one attached hydrogen (secondary N) is 2. The largest absolute Gasteiger partial charge is 1.00 e. The average molecular weight is 450 g/mol. The van der Waals surface area contributed by atoms with E-state index in [2.05, 4.69) is 56.3 Å². The molecule has 0 radical (unpaired) electrons. The summed E-state index contributed by atoms with van der Waals surface area (Å²) in [5, 5.41) is 18.1. The molecule has 5 rings (SSSR count). The number of H-pyrrole nitrogens is 1. The van der Waals surface area contributed by atoms with Gasteiger partial charge < -0.3 is 6.74 Å². The Kier molecular flexibility index (Phi) is 7.85. The molecule has 2 aromatic heterocycles. The van der Waals surface area contributed by atoms with Crippen LogP contribution in [0, 0.1) is 6.92 Å². The first kappa shape index (κ1) is 23.5. The van der Waals surface area contributed by atoms with E-state index >= 15 is 0 Å². The van der Waals surface area contributed by atoms with E-state index in [0.717, 1.165) is 47.7 Å². The van der Waals surface area contributed by atoms with E-state index in [0.29, 0.717) is 5.82 Å². The van der Waals surface area contributed by atoms with E-state index in [-0.39, 0.29) is 31.0 Å². The number of anilines is 1. The van der Waals surface area contributed by atoms with E-state index in [1.165, 1.54) is 42.5 Å². The fourth-order valence-electron chi connectivity index (χ4n) is 4.41. The molecule has 7 nitrogen and oxygen atoms in total. The summed E-state index contributed by atoms with van der Waals surface area (Å²) in [5.74, 6) is 2.45. The Morgan fingerprint density at radius 3 is 2.42 bits per heavy atom. The van der Waals surface area contributed by atoms with Crippen LogP contribution in [0.3, 0.4) is 0 Å². The van der Waals surface area contributed by atoms with Crippen molar-refractivity contribution in [3.8, 4) is 22.5 Å². The van der Waals surface area contributed by atoms with E-state index in [4.69, 9.17) is 9.97 Å². The number of tetrazole rings is 1. The predicted octanol–water partition coefficient (Wildman–Crippen LogP) is 2.02. The van der Waals surface area contributed by atoms with Gasteiger partial charge in [0.2, 0.25) is 5.82 Å². The van der Waals surface area contributed by atoms with Crippen molar-refractivity contribution in [3.05, 3.63) is 71.2 Å². The summed E-state index contributed by atoms with van der Waals surface area (Å²) < 4.78 is 0. The summed E-state index contributed by atoms with van der Waals surface area (Å²) in [4.78, 5) is 9.47. The van der Waals surface area contributed by atoms with Crippen LogP contribution in [0.5, 0.6) is 0 Å². The first-order chi connectivity index (χ1) is 15.8. The Morgan fingerprint density at radius 2 is 1.67 bits per heavy atom. The maximum absolute atomic E-state index is 4.74. The molecule has 0 spiro atoms. The Bertz CT molecular complexity index is 1200. The number of aromatic nitrogens is 6. The Labute approximate surface area is 217 Å². The zero-order valence-corrected chi connectivity index (χ0v) is 21.3. The predicted molar refractivity (Wildman–Crippen MR) is 126 cm³/mol. The zero-order valence-electron chi connectivity index (χ0n) is 20.3. The van der Waals surface area contributed by atoms with Gasteiger partial charge in [0.15, 0.2) is 0 Å². The van der Waals surface area contributed by atoms with Crippen LogP contribution in [-0.2, 0) is 19.4 Å². The number of aromatic amines is 1. The Balaban J connectivity index is 0.00000162. The molecule has 2 heterocycles. The molecule has 0 saturated carbocycles. The van der Waals surface area contributed by atoms with Gasteiger partial charge in [-0.15, -0.1) is 10.2 Å². The molecule has 0 aliphatic heterocycles. The number of nitrogens with zero attached hydrogens (tertiary/aromatic N) is 5. The van der Waals surface area contributed by atoms with Gasteiger partial charge in [-0.25, -0.2) is 9.97 Å². The normalized spacial score (nSPS) is 13.4. The molecular formula is C25H28N7Na. The molecule has 0 atom stereocenters. The molecule has 0 bridgehead atoms. The molecule has 1 aliphatic rings. The molecule has 0 fully saturated rings. The van der Waals surface area contributed by atoms with E-state index in [9.17, 15) is 0 Å². The molecule has 0 unspecified atom stereocenters. The molecular weight excluding hydrogens is 421 g/mol. The van der Waals surface area contributed by atoms with Crippen LogP contribution in [-0.4, -0.2) is 30.6 Å². The van der Waals surface area contributed by atoms with E-state index in [1.807, 2.05) is 25.1 Å². The van der Waals surface area contributed by atoms with Crippen molar-refractivity contribution in [2.24, 2.45) is 0 Å². The van der Waals surface area contributed by atoms with Crippen LogP contribution in [0.2, 0.25) is 0 Å². The minimum absolute atomic E-state index is 0. The summed E-state index contributed by atoms with van der Waals surface area (Å²) in [7, 11) is 0. The Hall–Kier alpha value is -2.61. The molecule has 2 aromatic carbocycles. The van der Waals surface area contributed by atoms with E-state index in [1.54, 1.807) is 0 Å². The van der Waals surface area contributed by atoms with Crippen molar-refractivity contribution in [1.29, 1.82) is 0 Å². The fourth-order valence-corrected chi connectivity index (χ4v) is 4.41. The molecule has 164 valence electrons.